The van der Waals surface area contributed by atoms with Crippen molar-refractivity contribution < 1.29 is 4.74 Å². The van der Waals surface area contributed by atoms with Crippen molar-refractivity contribution in [1.82, 2.24) is 14.9 Å². The van der Waals surface area contributed by atoms with Crippen LogP contribution < -0.4 is 10.6 Å². The molecular formula is C14H23N5O. The smallest absolute Gasteiger partial charge is 0.136 e. The number of nitrogens with zero attached hydrogens (tertiary/aromatic N) is 3. The number of aromatic nitrogens is 2. The van der Waals surface area contributed by atoms with Crippen LogP contribution in [0, 0.1) is 0 Å². The van der Waals surface area contributed by atoms with Crippen molar-refractivity contribution in [2.24, 2.45) is 0 Å². The maximum absolute atomic E-state index is 5.35. The number of rotatable bonds is 6. The summed E-state index contributed by atoms with van der Waals surface area (Å²) in [5, 5.41) is 6.53. The van der Waals surface area contributed by atoms with Crippen LogP contribution in [0.5, 0.6) is 0 Å². The molecule has 3 rings (SSSR count). The zero-order valence-electron chi connectivity index (χ0n) is 12.1. The predicted molar refractivity (Wildman–Crippen MR) is 79.3 cm³/mol. The number of ether oxygens (including phenoxy) is 1. The molecule has 0 spiro atoms. The van der Waals surface area contributed by atoms with Crippen molar-refractivity contribution in [3.8, 4) is 0 Å². The fraction of sp³-hybridized carbons (Fsp3) is 0.714. The van der Waals surface area contributed by atoms with Crippen LogP contribution in [-0.2, 0) is 4.74 Å². The topological polar surface area (TPSA) is 62.3 Å². The summed E-state index contributed by atoms with van der Waals surface area (Å²) >= 11 is 0. The van der Waals surface area contributed by atoms with Crippen molar-refractivity contribution in [2.45, 2.75) is 18.8 Å². The van der Waals surface area contributed by atoms with Crippen LogP contribution in [0.3, 0.4) is 0 Å². The second-order valence-electron chi connectivity index (χ2n) is 5.40. The van der Waals surface area contributed by atoms with Crippen molar-refractivity contribution in [3.05, 3.63) is 11.9 Å². The summed E-state index contributed by atoms with van der Waals surface area (Å²) in [6.07, 6.45) is 2.45. The van der Waals surface area contributed by atoms with Gasteiger partial charge in [0.05, 0.1) is 13.2 Å². The van der Waals surface area contributed by atoms with Crippen LogP contribution in [0.4, 0.5) is 11.6 Å². The Hall–Kier alpha value is -1.40. The lowest BCUT2D eigenvalue weighted by atomic mass is 10.3. The quantitative estimate of drug-likeness (QED) is 0.813. The van der Waals surface area contributed by atoms with Crippen LogP contribution in [0.15, 0.2) is 6.07 Å². The maximum atomic E-state index is 5.35. The van der Waals surface area contributed by atoms with Gasteiger partial charge in [0.2, 0.25) is 0 Å². The molecule has 1 aromatic heterocycles. The molecule has 2 fully saturated rings. The molecule has 6 nitrogen and oxygen atoms in total. The van der Waals surface area contributed by atoms with E-state index in [-0.39, 0.29) is 0 Å². The largest absolute Gasteiger partial charge is 0.379 e. The van der Waals surface area contributed by atoms with E-state index in [2.05, 4.69) is 25.5 Å². The lowest BCUT2D eigenvalue weighted by Gasteiger charge is -2.26. The molecule has 1 aromatic rings. The Morgan fingerprint density at radius 1 is 1.25 bits per heavy atom. The van der Waals surface area contributed by atoms with Crippen LogP contribution >= 0.6 is 0 Å². The van der Waals surface area contributed by atoms with E-state index in [0.29, 0.717) is 5.92 Å². The molecule has 1 aliphatic carbocycles. The van der Waals surface area contributed by atoms with Crippen LogP contribution in [0.25, 0.3) is 0 Å². The van der Waals surface area contributed by atoms with Gasteiger partial charge in [-0.15, -0.1) is 0 Å². The molecule has 0 amide bonds. The standard InChI is InChI=1S/C14H23N5O/c1-15-12-10-13(18-14(17-12)11-2-3-11)16-4-5-19-6-8-20-9-7-19/h10-11H,2-9H2,1H3,(H2,15,16,17,18). The van der Waals surface area contributed by atoms with Crippen molar-refractivity contribution >= 4 is 11.6 Å². The Kier molecular flexibility index (Phi) is 4.32. The first kappa shape index (κ1) is 13.6. The number of morpholine rings is 1. The van der Waals surface area contributed by atoms with Gasteiger partial charge >= 0.3 is 0 Å². The molecule has 110 valence electrons. The highest BCUT2D eigenvalue weighted by Gasteiger charge is 2.27. The third-order valence-corrected chi connectivity index (χ3v) is 3.78. The lowest BCUT2D eigenvalue weighted by Crippen LogP contribution is -2.39. The summed E-state index contributed by atoms with van der Waals surface area (Å²) < 4.78 is 5.35. The number of hydrogen-bond acceptors (Lipinski definition) is 6. The first-order valence-electron chi connectivity index (χ1n) is 7.46. The van der Waals surface area contributed by atoms with E-state index in [0.717, 1.165) is 56.9 Å². The summed E-state index contributed by atoms with van der Waals surface area (Å²) in [6, 6.07) is 1.98. The zero-order chi connectivity index (χ0) is 13.8. The Bertz CT molecular complexity index is 443. The van der Waals surface area contributed by atoms with E-state index in [1.165, 1.54) is 12.8 Å². The van der Waals surface area contributed by atoms with Gasteiger partial charge in [-0.2, -0.15) is 0 Å². The van der Waals surface area contributed by atoms with E-state index in [9.17, 15) is 0 Å². The van der Waals surface area contributed by atoms with Crippen LogP contribution in [-0.4, -0.2) is 61.3 Å². The lowest BCUT2D eigenvalue weighted by molar-refractivity contribution is 0.0398. The molecule has 1 aliphatic heterocycles. The molecule has 2 heterocycles. The summed E-state index contributed by atoms with van der Waals surface area (Å²) in [5.41, 5.74) is 0. The van der Waals surface area contributed by atoms with Crippen molar-refractivity contribution in [1.29, 1.82) is 0 Å². The second kappa shape index (κ2) is 6.37. The number of hydrogen-bond donors (Lipinski definition) is 2. The second-order valence-corrected chi connectivity index (χ2v) is 5.40. The molecule has 1 saturated heterocycles. The molecule has 0 bridgehead atoms. The SMILES string of the molecule is CNc1cc(NCCN2CCOCC2)nc(C2CC2)n1. The van der Waals surface area contributed by atoms with Gasteiger partial charge in [0.25, 0.3) is 0 Å². The summed E-state index contributed by atoms with van der Waals surface area (Å²) in [5.74, 6) is 3.38. The van der Waals surface area contributed by atoms with E-state index < -0.39 is 0 Å². The van der Waals surface area contributed by atoms with Crippen LogP contribution in [0.2, 0.25) is 0 Å². The molecule has 0 atom stereocenters. The third-order valence-electron chi connectivity index (χ3n) is 3.78. The summed E-state index contributed by atoms with van der Waals surface area (Å²) in [4.78, 5) is 11.6. The number of nitrogens with one attached hydrogen (secondary N) is 2. The van der Waals surface area contributed by atoms with Crippen molar-refractivity contribution in [3.63, 3.8) is 0 Å². The van der Waals surface area contributed by atoms with Gasteiger partial charge in [-0.25, -0.2) is 9.97 Å². The molecule has 6 heteroatoms. The average Bonchev–Trinajstić information content (AvgIpc) is 3.33. The summed E-state index contributed by atoms with van der Waals surface area (Å²) in [7, 11) is 1.90. The first-order valence-corrected chi connectivity index (χ1v) is 7.46. The first-order chi connectivity index (χ1) is 9.85. The van der Waals surface area contributed by atoms with Gasteiger partial charge in [0.1, 0.15) is 17.5 Å². The predicted octanol–water partition coefficient (Wildman–Crippen LogP) is 1.14. The normalized spacial score (nSPS) is 19.9. The number of anilines is 2. The molecule has 0 unspecified atom stereocenters. The monoisotopic (exact) mass is 277 g/mol. The van der Waals surface area contributed by atoms with E-state index in [1.807, 2.05) is 13.1 Å². The molecule has 2 aliphatic rings. The average molecular weight is 277 g/mol. The fourth-order valence-corrected chi connectivity index (χ4v) is 2.38. The minimum Gasteiger partial charge on any atom is -0.379 e. The highest BCUT2D eigenvalue weighted by Crippen LogP contribution is 2.38. The Labute approximate surface area is 119 Å². The maximum Gasteiger partial charge on any atom is 0.136 e. The Morgan fingerprint density at radius 2 is 2.00 bits per heavy atom. The highest BCUT2D eigenvalue weighted by molar-refractivity contribution is 5.47. The van der Waals surface area contributed by atoms with Gasteiger partial charge in [0.15, 0.2) is 0 Å². The van der Waals surface area contributed by atoms with Gasteiger partial charge in [-0.1, -0.05) is 0 Å². The fourth-order valence-electron chi connectivity index (χ4n) is 2.38. The molecule has 0 radical (unpaired) electrons. The van der Waals surface area contributed by atoms with Gasteiger partial charge in [0, 0.05) is 45.2 Å². The van der Waals surface area contributed by atoms with Gasteiger partial charge in [-0.05, 0) is 12.8 Å². The zero-order valence-corrected chi connectivity index (χ0v) is 12.1. The third kappa shape index (κ3) is 3.58. The molecular weight excluding hydrogens is 254 g/mol. The van der Waals surface area contributed by atoms with E-state index in [1.54, 1.807) is 0 Å². The Balaban J connectivity index is 1.54. The summed E-state index contributed by atoms with van der Waals surface area (Å²) in [6.45, 7) is 5.69. The van der Waals surface area contributed by atoms with E-state index in [4.69, 9.17) is 4.74 Å². The molecule has 2 N–H and O–H groups in total. The molecule has 20 heavy (non-hydrogen) atoms. The minimum atomic E-state index is 0.572. The molecule has 1 saturated carbocycles. The van der Waals surface area contributed by atoms with Gasteiger partial charge in [-0.3, -0.25) is 4.90 Å². The highest BCUT2D eigenvalue weighted by atomic mass is 16.5. The van der Waals surface area contributed by atoms with E-state index >= 15 is 0 Å². The Morgan fingerprint density at radius 3 is 2.70 bits per heavy atom. The van der Waals surface area contributed by atoms with Gasteiger partial charge < -0.3 is 15.4 Å². The minimum absolute atomic E-state index is 0.572. The van der Waals surface area contributed by atoms with Crippen molar-refractivity contribution in [2.75, 3.05) is 57.1 Å². The molecule has 0 aromatic carbocycles. The van der Waals surface area contributed by atoms with Crippen LogP contribution in [0.1, 0.15) is 24.6 Å².